The Morgan fingerprint density at radius 3 is 2.15 bits per heavy atom. The number of nitrogens with zero attached hydrogens (tertiary/aromatic N) is 1. The number of hydrogen-bond acceptors (Lipinski definition) is 2. The van der Waals surface area contributed by atoms with Crippen LogP contribution < -0.4 is 0 Å². The third-order valence-electron chi connectivity index (χ3n) is 1.99. The fraction of sp³-hybridized carbons (Fsp3) is 1.00. The van der Waals surface area contributed by atoms with Gasteiger partial charge >= 0.3 is 0 Å². The molecule has 3 nitrogen and oxygen atoms in total. The van der Waals surface area contributed by atoms with E-state index in [1.807, 2.05) is 0 Å². The van der Waals surface area contributed by atoms with Gasteiger partial charge in [-0.1, -0.05) is 0 Å². The molecule has 1 fully saturated rings. The second-order valence-electron chi connectivity index (χ2n) is 2.98. The van der Waals surface area contributed by atoms with Crippen LogP contribution in [0.5, 0.6) is 0 Å². The van der Waals surface area contributed by atoms with Gasteiger partial charge in [0.1, 0.15) is 5.21 Å². The van der Waals surface area contributed by atoms with Crippen molar-refractivity contribution < 1.29 is 17.2 Å². The van der Waals surface area contributed by atoms with Crippen molar-refractivity contribution in [2.24, 2.45) is 0 Å². The largest absolute Gasteiger partial charge is 0.250 e. The summed E-state index contributed by atoms with van der Waals surface area (Å²) in [6, 6.07) is 0. The highest BCUT2D eigenvalue weighted by molar-refractivity contribution is 7.90. The Hall–Kier alpha value is 0.0600. The Morgan fingerprint density at radius 1 is 1.31 bits per heavy atom. The van der Waals surface area contributed by atoms with Crippen LogP contribution in [0.4, 0.5) is 8.78 Å². The molecule has 1 saturated heterocycles. The summed E-state index contributed by atoms with van der Waals surface area (Å²) in [6.45, 7) is -0.274. The Morgan fingerprint density at radius 2 is 1.77 bits per heavy atom. The molecule has 1 aliphatic rings. The van der Waals surface area contributed by atoms with Gasteiger partial charge < -0.3 is 0 Å². The standard InChI is InChI=1S/C6H10ClF2NO2S/c7-5-13(11,12)10-3-1-6(8,9)2-4-10/h1-5H2. The molecule has 0 spiro atoms. The minimum absolute atomic E-state index is 0.137. The van der Waals surface area contributed by atoms with Crippen LogP contribution in [0, 0.1) is 0 Å². The average Bonchev–Trinajstić information content (AvgIpc) is 2.04. The third-order valence-corrected chi connectivity index (χ3v) is 4.24. The molecular weight excluding hydrogens is 224 g/mol. The monoisotopic (exact) mass is 233 g/mol. The number of sulfonamides is 1. The zero-order valence-electron chi connectivity index (χ0n) is 6.84. The molecule has 1 rings (SSSR count). The SMILES string of the molecule is O=S(=O)(CCl)N1CCC(F)(F)CC1. The van der Waals surface area contributed by atoms with Crippen molar-refractivity contribution >= 4 is 21.6 Å². The summed E-state index contributed by atoms with van der Waals surface area (Å²) in [7, 11) is -3.51. The zero-order chi connectivity index (χ0) is 10.1. The number of halogens is 3. The first-order valence-corrected chi connectivity index (χ1v) is 5.93. The maximum Gasteiger partial charge on any atom is 0.250 e. The van der Waals surface area contributed by atoms with Crippen molar-refractivity contribution in [2.75, 3.05) is 18.3 Å². The van der Waals surface area contributed by atoms with E-state index in [-0.39, 0.29) is 13.1 Å². The minimum Gasteiger partial charge on any atom is -0.211 e. The molecule has 13 heavy (non-hydrogen) atoms. The van der Waals surface area contributed by atoms with Crippen molar-refractivity contribution in [3.8, 4) is 0 Å². The van der Waals surface area contributed by atoms with Gasteiger partial charge in [-0.25, -0.2) is 21.5 Å². The molecule has 0 amide bonds. The van der Waals surface area contributed by atoms with Gasteiger partial charge in [0, 0.05) is 25.9 Å². The highest BCUT2D eigenvalue weighted by Gasteiger charge is 2.37. The van der Waals surface area contributed by atoms with Gasteiger partial charge in [0.15, 0.2) is 0 Å². The van der Waals surface area contributed by atoms with Gasteiger partial charge in [-0.3, -0.25) is 0 Å². The predicted molar refractivity (Wildman–Crippen MR) is 45.4 cm³/mol. The molecule has 0 aromatic rings. The van der Waals surface area contributed by atoms with Crippen LogP contribution in [-0.2, 0) is 10.0 Å². The zero-order valence-corrected chi connectivity index (χ0v) is 8.41. The summed E-state index contributed by atoms with van der Waals surface area (Å²) in [5, 5.41) is -0.543. The van der Waals surface area contributed by atoms with E-state index < -0.39 is 34.0 Å². The van der Waals surface area contributed by atoms with E-state index in [9.17, 15) is 17.2 Å². The smallest absolute Gasteiger partial charge is 0.211 e. The van der Waals surface area contributed by atoms with Crippen LogP contribution in [0.15, 0.2) is 0 Å². The Labute approximate surface area is 80.7 Å². The van der Waals surface area contributed by atoms with Gasteiger partial charge in [0.25, 0.3) is 5.92 Å². The lowest BCUT2D eigenvalue weighted by Gasteiger charge is -2.30. The number of alkyl halides is 3. The van der Waals surface area contributed by atoms with Crippen molar-refractivity contribution in [3.05, 3.63) is 0 Å². The highest BCUT2D eigenvalue weighted by atomic mass is 35.5. The maximum atomic E-state index is 12.6. The summed E-state index contributed by atoms with van der Waals surface area (Å²) in [5.74, 6) is -2.72. The van der Waals surface area contributed by atoms with Gasteiger partial charge in [0.2, 0.25) is 10.0 Å². The summed E-state index contributed by atoms with van der Waals surface area (Å²) in [5.41, 5.74) is 0. The van der Waals surface area contributed by atoms with Crippen LogP contribution in [-0.4, -0.2) is 36.9 Å². The summed E-state index contributed by atoms with van der Waals surface area (Å²) >= 11 is 5.18. The highest BCUT2D eigenvalue weighted by Crippen LogP contribution is 2.28. The fourth-order valence-electron chi connectivity index (χ4n) is 1.16. The molecule has 0 atom stereocenters. The average molecular weight is 234 g/mol. The van der Waals surface area contributed by atoms with Gasteiger partial charge in [-0.2, -0.15) is 0 Å². The van der Waals surface area contributed by atoms with E-state index in [0.717, 1.165) is 4.31 Å². The molecule has 0 aliphatic carbocycles. The predicted octanol–water partition coefficient (Wildman–Crippen LogP) is 1.24. The van der Waals surface area contributed by atoms with Crippen molar-refractivity contribution in [2.45, 2.75) is 18.8 Å². The number of rotatable bonds is 2. The molecule has 1 heterocycles. The molecular formula is C6H10ClF2NO2S. The molecule has 1 aliphatic heterocycles. The van der Waals surface area contributed by atoms with E-state index >= 15 is 0 Å². The van der Waals surface area contributed by atoms with Gasteiger partial charge in [-0.05, 0) is 0 Å². The Bertz CT molecular complexity index is 270. The van der Waals surface area contributed by atoms with Gasteiger partial charge in [0.05, 0.1) is 0 Å². The van der Waals surface area contributed by atoms with E-state index in [2.05, 4.69) is 0 Å². The van der Waals surface area contributed by atoms with Gasteiger partial charge in [-0.15, -0.1) is 11.6 Å². The van der Waals surface area contributed by atoms with E-state index in [0.29, 0.717) is 0 Å². The van der Waals surface area contributed by atoms with Crippen molar-refractivity contribution in [1.29, 1.82) is 0 Å². The molecule has 0 bridgehead atoms. The van der Waals surface area contributed by atoms with Crippen molar-refractivity contribution in [1.82, 2.24) is 4.31 Å². The molecule has 0 aromatic carbocycles. The van der Waals surface area contributed by atoms with Crippen LogP contribution in [0.3, 0.4) is 0 Å². The topological polar surface area (TPSA) is 37.4 Å². The molecule has 7 heteroatoms. The number of piperidine rings is 1. The molecule has 0 aromatic heterocycles. The lowest BCUT2D eigenvalue weighted by atomic mass is 10.1. The third kappa shape index (κ3) is 2.75. The summed E-state index contributed by atoms with van der Waals surface area (Å²) < 4.78 is 48.5. The summed E-state index contributed by atoms with van der Waals surface area (Å²) in [4.78, 5) is 0. The molecule has 0 saturated carbocycles. The first-order chi connectivity index (χ1) is 5.87. The van der Waals surface area contributed by atoms with E-state index in [4.69, 9.17) is 11.6 Å². The fourth-order valence-corrected chi connectivity index (χ4v) is 2.45. The molecule has 0 radical (unpaired) electrons. The second kappa shape index (κ2) is 3.67. The Kier molecular flexibility index (Phi) is 3.14. The van der Waals surface area contributed by atoms with Crippen LogP contribution in [0.2, 0.25) is 0 Å². The Balaban J connectivity index is 2.61. The maximum absolute atomic E-state index is 12.6. The minimum atomic E-state index is -3.51. The van der Waals surface area contributed by atoms with Crippen LogP contribution in [0.1, 0.15) is 12.8 Å². The number of hydrogen-bond donors (Lipinski definition) is 0. The lowest BCUT2D eigenvalue weighted by Crippen LogP contribution is -2.42. The first kappa shape index (κ1) is 11.1. The summed E-state index contributed by atoms with van der Waals surface area (Å²) in [6.07, 6.45) is -0.827. The molecule has 0 N–H and O–H groups in total. The van der Waals surface area contributed by atoms with Crippen LogP contribution in [0.25, 0.3) is 0 Å². The van der Waals surface area contributed by atoms with E-state index in [1.54, 1.807) is 0 Å². The first-order valence-electron chi connectivity index (χ1n) is 3.79. The van der Waals surface area contributed by atoms with Crippen LogP contribution >= 0.6 is 11.6 Å². The lowest BCUT2D eigenvalue weighted by molar-refractivity contribution is -0.0411. The van der Waals surface area contributed by atoms with Crippen molar-refractivity contribution in [3.63, 3.8) is 0 Å². The normalized spacial score (nSPS) is 24.5. The molecule has 0 unspecified atom stereocenters. The quantitative estimate of drug-likeness (QED) is 0.673. The second-order valence-corrected chi connectivity index (χ2v) is 5.53. The molecule has 78 valence electrons. The van der Waals surface area contributed by atoms with E-state index in [1.165, 1.54) is 0 Å².